The van der Waals surface area contributed by atoms with Crippen LogP contribution in [0.15, 0.2) is 24.3 Å². The highest BCUT2D eigenvalue weighted by Gasteiger charge is 2.17. The molecule has 0 spiro atoms. The highest BCUT2D eigenvalue weighted by molar-refractivity contribution is 5.87. The highest BCUT2D eigenvalue weighted by Crippen LogP contribution is 2.21. The van der Waals surface area contributed by atoms with Crippen molar-refractivity contribution in [3.8, 4) is 0 Å². The fourth-order valence-electron chi connectivity index (χ4n) is 2.61. The Balaban J connectivity index is 1.94. The average molecular weight is 247 g/mol. The molecule has 0 atom stereocenters. The molecule has 0 unspecified atom stereocenters. The summed E-state index contributed by atoms with van der Waals surface area (Å²) in [5.74, 6) is 0.0353. The van der Waals surface area contributed by atoms with Crippen molar-refractivity contribution in [3.05, 3.63) is 35.4 Å². The van der Waals surface area contributed by atoms with E-state index in [0.29, 0.717) is 5.56 Å². The van der Waals surface area contributed by atoms with Gasteiger partial charge in [-0.1, -0.05) is 25.5 Å². The van der Waals surface area contributed by atoms with Crippen molar-refractivity contribution < 1.29 is 9.90 Å². The number of carboxylic acid groups (broad SMARTS) is 1. The molecule has 0 bridgehead atoms. The molecule has 1 aromatic rings. The molecule has 18 heavy (non-hydrogen) atoms. The molecule has 0 aromatic heterocycles. The van der Waals surface area contributed by atoms with Crippen LogP contribution in [0, 0.1) is 5.92 Å². The van der Waals surface area contributed by atoms with Gasteiger partial charge in [-0.05, 0) is 49.5 Å². The summed E-state index contributed by atoms with van der Waals surface area (Å²) in [7, 11) is 0. The molecule has 0 amide bonds. The van der Waals surface area contributed by atoms with Crippen molar-refractivity contribution in [2.75, 3.05) is 13.1 Å². The Hall–Kier alpha value is -1.35. The molecular weight excluding hydrogens is 226 g/mol. The van der Waals surface area contributed by atoms with Crippen LogP contribution in [0.4, 0.5) is 0 Å². The van der Waals surface area contributed by atoms with Gasteiger partial charge >= 0.3 is 5.97 Å². The second kappa shape index (κ2) is 6.01. The molecule has 0 radical (unpaired) electrons. The standard InChI is InChI=1S/C15H21NO2/c1-2-12-6-8-16(9-7-12)11-13-4-3-5-14(10-13)15(17)18/h3-5,10,12H,2,6-9,11H2,1H3,(H,17,18). The normalized spacial score (nSPS) is 17.8. The SMILES string of the molecule is CCC1CCN(Cc2cccc(C(=O)O)c2)CC1. The summed E-state index contributed by atoms with van der Waals surface area (Å²) < 4.78 is 0. The second-order valence-electron chi connectivity index (χ2n) is 5.13. The van der Waals surface area contributed by atoms with E-state index in [1.807, 2.05) is 12.1 Å². The third-order valence-electron chi connectivity index (χ3n) is 3.86. The first-order chi connectivity index (χ1) is 8.69. The van der Waals surface area contributed by atoms with E-state index in [4.69, 9.17) is 5.11 Å². The lowest BCUT2D eigenvalue weighted by molar-refractivity contribution is 0.0696. The van der Waals surface area contributed by atoms with E-state index >= 15 is 0 Å². The third kappa shape index (κ3) is 3.33. The van der Waals surface area contributed by atoms with Gasteiger partial charge in [0.15, 0.2) is 0 Å². The van der Waals surface area contributed by atoms with E-state index in [0.717, 1.165) is 31.1 Å². The molecule has 0 saturated carbocycles. The largest absolute Gasteiger partial charge is 0.478 e. The van der Waals surface area contributed by atoms with Gasteiger partial charge in [-0.25, -0.2) is 4.79 Å². The van der Waals surface area contributed by atoms with Gasteiger partial charge in [0.2, 0.25) is 0 Å². The predicted molar refractivity (Wildman–Crippen MR) is 71.7 cm³/mol. The van der Waals surface area contributed by atoms with E-state index in [-0.39, 0.29) is 0 Å². The second-order valence-corrected chi connectivity index (χ2v) is 5.13. The van der Waals surface area contributed by atoms with E-state index in [1.54, 1.807) is 12.1 Å². The maximum atomic E-state index is 10.9. The number of rotatable bonds is 4. The van der Waals surface area contributed by atoms with Crippen LogP contribution in [0.1, 0.15) is 42.1 Å². The number of hydrogen-bond acceptors (Lipinski definition) is 2. The van der Waals surface area contributed by atoms with E-state index in [2.05, 4.69) is 11.8 Å². The molecule has 1 fully saturated rings. The minimum Gasteiger partial charge on any atom is -0.478 e. The lowest BCUT2D eigenvalue weighted by Crippen LogP contribution is -2.33. The van der Waals surface area contributed by atoms with Crippen molar-refractivity contribution in [1.29, 1.82) is 0 Å². The Kier molecular flexibility index (Phi) is 4.37. The van der Waals surface area contributed by atoms with Crippen molar-refractivity contribution in [3.63, 3.8) is 0 Å². The minimum absolute atomic E-state index is 0.385. The summed E-state index contributed by atoms with van der Waals surface area (Å²) in [6, 6.07) is 7.28. The molecule has 3 nitrogen and oxygen atoms in total. The average Bonchev–Trinajstić information content (AvgIpc) is 2.40. The molecule has 1 saturated heterocycles. The molecule has 2 rings (SSSR count). The molecule has 1 aromatic carbocycles. The van der Waals surface area contributed by atoms with Gasteiger partial charge in [-0.15, -0.1) is 0 Å². The van der Waals surface area contributed by atoms with Gasteiger partial charge in [-0.3, -0.25) is 4.90 Å². The summed E-state index contributed by atoms with van der Waals surface area (Å²) in [6.07, 6.45) is 3.83. The number of carbonyl (C=O) groups is 1. The number of benzene rings is 1. The fraction of sp³-hybridized carbons (Fsp3) is 0.533. The monoisotopic (exact) mass is 247 g/mol. The summed E-state index contributed by atoms with van der Waals surface area (Å²) >= 11 is 0. The van der Waals surface area contributed by atoms with Gasteiger partial charge in [0.05, 0.1) is 5.56 Å². The Labute approximate surface area is 108 Å². The number of piperidine rings is 1. The fourth-order valence-corrected chi connectivity index (χ4v) is 2.61. The maximum Gasteiger partial charge on any atom is 0.335 e. The quantitative estimate of drug-likeness (QED) is 0.889. The molecule has 3 heteroatoms. The van der Waals surface area contributed by atoms with Gasteiger partial charge in [0, 0.05) is 6.54 Å². The van der Waals surface area contributed by atoms with Crippen LogP contribution in [-0.4, -0.2) is 29.1 Å². The van der Waals surface area contributed by atoms with E-state index < -0.39 is 5.97 Å². The Morgan fingerprint density at radius 2 is 2.11 bits per heavy atom. The van der Waals surface area contributed by atoms with Crippen molar-refractivity contribution in [1.82, 2.24) is 4.90 Å². The van der Waals surface area contributed by atoms with Crippen LogP contribution in [0.3, 0.4) is 0 Å². The molecule has 98 valence electrons. The van der Waals surface area contributed by atoms with Crippen LogP contribution >= 0.6 is 0 Å². The lowest BCUT2D eigenvalue weighted by Gasteiger charge is -2.31. The number of carboxylic acids is 1. The number of nitrogens with zero attached hydrogens (tertiary/aromatic N) is 1. The van der Waals surface area contributed by atoms with E-state index in [1.165, 1.54) is 19.3 Å². The molecular formula is C15H21NO2. The van der Waals surface area contributed by atoms with E-state index in [9.17, 15) is 4.79 Å². The smallest absolute Gasteiger partial charge is 0.335 e. The summed E-state index contributed by atoms with van der Waals surface area (Å²) in [4.78, 5) is 13.3. The van der Waals surface area contributed by atoms with Crippen LogP contribution < -0.4 is 0 Å². The number of hydrogen-bond donors (Lipinski definition) is 1. The van der Waals surface area contributed by atoms with Gasteiger partial charge < -0.3 is 5.11 Å². The van der Waals surface area contributed by atoms with Gasteiger partial charge in [-0.2, -0.15) is 0 Å². The molecule has 1 N–H and O–H groups in total. The predicted octanol–water partition coefficient (Wildman–Crippen LogP) is 3.01. The van der Waals surface area contributed by atoms with Gasteiger partial charge in [0.1, 0.15) is 0 Å². The molecule has 1 aliphatic rings. The van der Waals surface area contributed by atoms with Crippen LogP contribution in [0.5, 0.6) is 0 Å². The zero-order valence-corrected chi connectivity index (χ0v) is 10.9. The molecule has 1 aliphatic heterocycles. The van der Waals surface area contributed by atoms with Crippen molar-refractivity contribution in [2.45, 2.75) is 32.7 Å². The number of likely N-dealkylation sites (tertiary alicyclic amines) is 1. The first-order valence-electron chi connectivity index (χ1n) is 6.73. The summed E-state index contributed by atoms with van der Waals surface area (Å²) in [6.45, 7) is 5.40. The van der Waals surface area contributed by atoms with Crippen molar-refractivity contribution >= 4 is 5.97 Å². The van der Waals surface area contributed by atoms with Crippen LogP contribution in [0.2, 0.25) is 0 Å². The highest BCUT2D eigenvalue weighted by atomic mass is 16.4. The minimum atomic E-state index is -0.846. The first kappa shape index (κ1) is 13.1. The zero-order valence-electron chi connectivity index (χ0n) is 10.9. The summed E-state index contributed by atoms with van der Waals surface area (Å²) in [5.41, 5.74) is 1.49. The Morgan fingerprint density at radius 3 is 2.72 bits per heavy atom. The zero-order chi connectivity index (χ0) is 13.0. The van der Waals surface area contributed by atoms with Crippen LogP contribution in [0.25, 0.3) is 0 Å². The van der Waals surface area contributed by atoms with Crippen molar-refractivity contribution in [2.24, 2.45) is 5.92 Å². The van der Waals surface area contributed by atoms with Gasteiger partial charge in [0.25, 0.3) is 0 Å². The summed E-state index contributed by atoms with van der Waals surface area (Å²) in [5, 5.41) is 8.97. The maximum absolute atomic E-state index is 10.9. The third-order valence-corrected chi connectivity index (χ3v) is 3.86. The number of aromatic carboxylic acids is 1. The topological polar surface area (TPSA) is 40.5 Å². The van der Waals surface area contributed by atoms with Crippen LogP contribution in [-0.2, 0) is 6.54 Å². The first-order valence-corrected chi connectivity index (χ1v) is 6.73. The molecule has 1 heterocycles. The lowest BCUT2D eigenvalue weighted by atomic mass is 9.94. The Morgan fingerprint density at radius 1 is 1.39 bits per heavy atom. The molecule has 0 aliphatic carbocycles. The Bertz CT molecular complexity index is 409.